The molecule has 0 aliphatic rings. The highest BCUT2D eigenvalue weighted by molar-refractivity contribution is 5.95. The summed E-state index contributed by atoms with van der Waals surface area (Å²) in [5.41, 5.74) is 3.17. The largest absolute Gasteiger partial charge is 0.507 e. The molecule has 0 saturated heterocycles. The lowest BCUT2D eigenvalue weighted by Gasteiger charge is -2.02. The maximum Gasteiger partial charge on any atom is 0.273 e. The first-order chi connectivity index (χ1) is 10.5. The van der Waals surface area contributed by atoms with Gasteiger partial charge in [-0.25, -0.2) is 5.43 Å². The van der Waals surface area contributed by atoms with Gasteiger partial charge < -0.3 is 5.11 Å². The molecule has 0 aliphatic carbocycles. The number of phenolic OH excluding ortho intramolecular Hbond substituents is 1. The van der Waals surface area contributed by atoms with Gasteiger partial charge in [-0.15, -0.1) is 0 Å². The van der Waals surface area contributed by atoms with E-state index in [4.69, 9.17) is 0 Å². The number of carbonyl (C=O) groups is 1. The molecule has 0 aromatic heterocycles. The lowest BCUT2D eigenvalue weighted by molar-refractivity contribution is -0.385. The first-order valence-electron chi connectivity index (χ1n) is 6.35. The lowest BCUT2D eigenvalue weighted by Crippen LogP contribution is -2.17. The van der Waals surface area contributed by atoms with Crippen molar-refractivity contribution in [3.63, 3.8) is 0 Å². The van der Waals surface area contributed by atoms with E-state index in [9.17, 15) is 20.0 Å². The zero-order valence-corrected chi connectivity index (χ0v) is 11.7. The number of hydrazone groups is 1. The van der Waals surface area contributed by atoms with Gasteiger partial charge in [-0.2, -0.15) is 5.10 Å². The number of amides is 1. The Bertz CT molecular complexity index is 756. The number of hydrogen-bond donors (Lipinski definition) is 2. The van der Waals surface area contributed by atoms with E-state index in [2.05, 4.69) is 10.5 Å². The summed E-state index contributed by atoms with van der Waals surface area (Å²) in [6.45, 7) is 1.59. The Morgan fingerprint density at radius 2 is 2.05 bits per heavy atom. The Morgan fingerprint density at radius 1 is 1.32 bits per heavy atom. The first kappa shape index (κ1) is 15.2. The maximum absolute atomic E-state index is 11.9. The second-order valence-corrected chi connectivity index (χ2v) is 4.52. The molecule has 2 N–H and O–H groups in total. The summed E-state index contributed by atoms with van der Waals surface area (Å²) in [4.78, 5) is 22.2. The summed E-state index contributed by atoms with van der Waals surface area (Å²) in [7, 11) is 0. The van der Waals surface area contributed by atoms with Crippen molar-refractivity contribution in [2.24, 2.45) is 5.10 Å². The molecule has 0 aliphatic heterocycles. The van der Waals surface area contributed by atoms with E-state index in [1.807, 2.05) is 0 Å². The van der Waals surface area contributed by atoms with Gasteiger partial charge in [-0.1, -0.05) is 18.2 Å². The number of hydrogen-bond acceptors (Lipinski definition) is 5. The monoisotopic (exact) mass is 299 g/mol. The van der Waals surface area contributed by atoms with Gasteiger partial charge in [0.05, 0.1) is 11.1 Å². The molecule has 0 fully saturated rings. The van der Waals surface area contributed by atoms with Gasteiger partial charge in [-0.3, -0.25) is 14.9 Å². The molecule has 7 nitrogen and oxygen atoms in total. The van der Waals surface area contributed by atoms with Crippen molar-refractivity contribution in [3.8, 4) is 5.75 Å². The summed E-state index contributed by atoms with van der Waals surface area (Å²) < 4.78 is 0. The third kappa shape index (κ3) is 3.45. The minimum atomic E-state index is -0.574. The number of nitro groups is 1. The third-order valence-electron chi connectivity index (χ3n) is 2.97. The standard InChI is InChI=1S/C15H13N3O4/c1-10-6-7-11(8-13(10)18(21)22)15(20)17-16-9-12-4-2-3-5-14(12)19/h2-9,19H,1H3,(H,17,20). The number of aryl methyl sites for hydroxylation is 1. The minimum absolute atomic E-state index is 0.0338. The van der Waals surface area contributed by atoms with Crippen molar-refractivity contribution >= 4 is 17.8 Å². The Balaban J connectivity index is 2.12. The molecule has 0 radical (unpaired) electrons. The van der Waals surface area contributed by atoms with Crippen LogP contribution in [0.3, 0.4) is 0 Å². The first-order valence-corrected chi connectivity index (χ1v) is 6.35. The van der Waals surface area contributed by atoms with Crippen LogP contribution in [-0.2, 0) is 0 Å². The molecule has 0 unspecified atom stereocenters. The zero-order valence-electron chi connectivity index (χ0n) is 11.7. The van der Waals surface area contributed by atoms with Crippen molar-refractivity contribution in [1.29, 1.82) is 0 Å². The molecule has 2 aromatic carbocycles. The number of phenols is 1. The fourth-order valence-electron chi connectivity index (χ4n) is 1.77. The van der Waals surface area contributed by atoms with Gasteiger partial charge in [-0.05, 0) is 25.1 Å². The average molecular weight is 299 g/mol. The van der Waals surface area contributed by atoms with Crippen LogP contribution in [0.25, 0.3) is 0 Å². The molecule has 2 rings (SSSR count). The third-order valence-corrected chi connectivity index (χ3v) is 2.97. The van der Waals surface area contributed by atoms with Gasteiger partial charge in [0.1, 0.15) is 5.75 Å². The number of carbonyl (C=O) groups excluding carboxylic acids is 1. The normalized spacial score (nSPS) is 10.6. The Hall–Kier alpha value is -3.22. The molecule has 0 bridgehead atoms. The van der Waals surface area contributed by atoms with Crippen LogP contribution in [0.2, 0.25) is 0 Å². The number of benzene rings is 2. The SMILES string of the molecule is Cc1ccc(C(=O)NN=Cc2ccccc2O)cc1[N+](=O)[O-]. The summed E-state index contributed by atoms with van der Waals surface area (Å²) in [6.07, 6.45) is 1.29. The topological polar surface area (TPSA) is 105 Å². The van der Waals surface area contributed by atoms with Crippen LogP contribution in [0.1, 0.15) is 21.5 Å². The van der Waals surface area contributed by atoms with E-state index in [1.165, 1.54) is 30.5 Å². The smallest absolute Gasteiger partial charge is 0.273 e. The molecule has 1 amide bonds. The highest BCUT2D eigenvalue weighted by Crippen LogP contribution is 2.19. The average Bonchev–Trinajstić information content (AvgIpc) is 2.49. The molecule has 0 heterocycles. The predicted molar refractivity (Wildman–Crippen MR) is 81.0 cm³/mol. The van der Waals surface area contributed by atoms with Crippen LogP contribution in [0.5, 0.6) is 5.75 Å². The fraction of sp³-hybridized carbons (Fsp3) is 0.0667. The van der Waals surface area contributed by atoms with E-state index in [0.717, 1.165) is 0 Å². The Labute approximate surface area is 126 Å². The summed E-state index contributed by atoms with van der Waals surface area (Å²) >= 11 is 0. The Kier molecular flexibility index (Phi) is 4.47. The molecule has 0 atom stereocenters. The van der Waals surface area contributed by atoms with Crippen LogP contribution >= 0.6 is 0 Å². The van der Waals surface area contributed by atoms with Crippen LogP contribution in [0.15, 0.2) is 47.6 Å². The fourth-order valence-corrected chi connectivity index (χ4v) is 1.77. The van der Waals surface area contributed by atoms with Gasteiger partial charge in [0.25, 0.3) is 11.6 Å². The van der Waals surface area contributed by atoms with Crippen LogP contribution < -0.4 is 5.43 Å². The molecular weight excluding hydrogens is 286 g/mol. The summed E-state index contributed by atoms with van der Waals surface area (Å²) in [6, 6.07) is 10.7. The summed E-state index contributed by atoms with van der Waals surface area (Å²) in [5, 5.41) is 24.1. The molecule has 2 aromatic rings. The van der Waals surface area contributed by atoms with Gasteiger partial charge >= 0.3 is 0 Å². The van der Waals surface area contributed by atoms with Crippen LogP contribution in [-0.4, -0.2) is 22.2 Å². The number of rotatable bonds is 4. The highest BCUT2D eigenvalue weighted by Gasteiger charge is 2.14. The molecule has 0 saturated carbocycles. The van der Waals surface area contributed by atoms with Crippen molar-refractivity contribution in [3.05, 3.63) is 69.3 Å². The molecular formula is C15H13N3O4. The molecule has 112 valence electrons. The molecule has 0 spiro atoms. The number of aromatic hydroxyl groups is 1. The van der Waals surface area contributed by atoms with Crippen LogP contribution in [0, 0.1) is 17.0 Å². The minimum Gasteiger partial charge on any atom is -0.507 e. The van der Waals surface area contributed by atoms with E-state index >= 15 is 0 Å². The lowest BCUT2D eigenvalue weighted by atomic mass is 10.1. The van der Waals surface area contributed by atoms with Crippen LogP contribution in [0.4, 0.5) is 5.69 Å². The van der Waals surface area contributed by atoms with Gasteiger partial charge in [0, 0.05) is 22.8 Å². The van der Waals surface area contributed by atoms with Gasteiger partial charge in [0.15, 0.2) is 0 Å². The maximum atomic E-state index is 11.9. The van der Waals surface area contributed by atoms with E-state index in [-0.39, 0.29) is 17.0 Å². The highest BCUT2D eigenvalue weighted by atomic mass is 16.6. The Morgan fingerprint density at radius 3 is 2.73 bits per heavy atom. The second-order valence-electron chi connectivity index (χ2n) is 4.52. The van der Waals surface area contributed by atoms with Crippen molar-refractivity contribution in [2.75, 3.05) is 0 Å². The summed E-state index contributed by atoms with van der Waals surface area (Å²) in [5.74, 6) is -0.541. The quantitative estimate of drug-likeness (QED) is 0.513. The van der Waals surface area contributed by atoms with Crippen molar-refractivity contribution < 1.29 is 14.8 Å². The predicted octanol–water partition coefficient (Wildman–Crippen LogP) is 2.37. The van der Waals surface area contributed by atoms with E-state index in [0.29, 0.717) is 11.1 Å². The molecule has 7 heteroatoms. The number of nitrogens with one attached hydrogen (secondary N) is 1. The van der Waals surface area contributed by atoms with Crippen molar-refractivity contribution in [1.82, 2.24) is 5.43 Å². The van der Waals surface area contributed by atoms with E-state index < -0.39 is 10.8 Å². The van der Waals surface area contributed by atoms with E-state index in [1.54, 1.807) is 25.1 Å². The van der Waals surface area contributed by atoms with Crippen molar-refractivity contribution in [2.45, 2.75) is 6.92 Å². The number of para-hydroxylation sites is 1. The zero-order chi connectivity index (χ0) is 16.1. The second kappa shape index (κ2) is 6.49. The number of nitrogens with zero attached hydrogens (tertiary/aromatic N) is 2. The molecule has 22 heavy (non-hydrogen) atoms. The number of nitro benzene ring substituents is 1. The van der Waals surface area contributed by atoms with Gasteiger partial charge in [0.2, 0.25) is 0 Å².